The molecule has 4 heteroatoms. The van der Waals surface area contributed by atoms with Gasteiger partial charge in [-0.15, -0.1) is 11.3 Å². The number of hydrogen-bond acceptors (Lipinski definition) is 3. The number of rotatable bonds is 5. The summed E-state index contributed by atoms with van der Waals surface area (Å²) in [6.07, 6.45) is 2.39. The molecule has 0 atom stereocenters. The first-order valence-corrected chi connectivity index (χ1v) is 7.51. The lowest BCUT2D eigenvalue weighted by Crippen LogP contribution is -2.26. The Morgan fingerprint density at radius 1 is 1.29 bits per heavy atom. The molecule has 0 aliphatic carbocycles. The number of amides is 1. The first-order chi connectivity index (χ1) is 10.2. The van der Waals surface area contributed by atoms with E-state index in [9.17, 15) is 4.79 Å². The number of nitrogens with one attached hydrogen (secondary N) is 1. The zero-order valence-corrected chi connectivity index (χ0v) is 12.6. The number of hydrogen-bond donors (Lipinski definition) is 1. The molecule has 3 nitrogen and oxygen atoms in total. The lowest BCUT2D eigenvalue weighted by atomic mass is 10.1. The molecule has 0 bridgehead atoms. The predicted octanol–water partition coefficient (Wildman–Crippen LogP) is 3.32. The van der Waals surface area contributed by atoms with Gasteiger partial charge < -0.3 is 5.32 Å². The van der Waals surface area contributed by atoms with Gasteiger partial charge in [-0.05, 0) is 37.1 Å². The average Bonchev–Trinajstić information content (AvgIpc) is 2.91. The third kappa shape index (κ3) is 4.59. The molecule has 0 spiro atoms. The number of nitrogens with zero attached hydrogens (tertiary/aromatic N) is 1. The largest absolute Gasteiger partial charge is 0.351 e. The molecule has 0 aliphatic rings. The maximum absolute atomic E-state index is 12.0. The zero-order valence-electron chi connectivity index (χ0n) is 11.8. The molecule has 1 heterocycles. The quantitative estimate of drug-likeness (QED) is 0.679. The first kappa shape index (κ1) is 15.0. The van der Waals surface area contributed by atoms with E-state index in [1.807, 2.05) is 55.5 Å². The molecular weight excluding hydrogens is 280 g/mol. The summed E-state index contributed by atoms with van der Waals surface area (Å²) >= 11 is 1.56. The van der Waals surface area contributed by atoms with E-state index in [4.69, 9.17) is 5.26 Å². The van der Waals surface area contributed by atoms with Gasteiger partial charge in [0.05, 0.1) is 0 Å². The number of benzene rings is 1. The lowest BCUT2D eigenvalue weighted by Gasteiger charge is -2.04. The van der Waals surface area contributed by atoms with Crippen LogP contribution in [-0.2, 0) is 11.2 Å². The molecule has 1 aromatic carbocycles. The highest BCUT2D eigenvalue weighted by Crippen LogP contribution is 2.18. The van der Waals surface area contributed by atoms with Crippen molar-refractivity contribution in [3.63, 3.8) is 0 Å². The Bertz CT molecular complexity index is 680. The smallest absolute Gasteiger partial charge is 0.261 e. The van der Waals surface area contributed by atoms with Crippen LogP contribution in [-0.4, -0.2) is 12.5 Å². The molecule has 0 saturated carbocycles. The molecule has 2 rings (SSSR count). The van der Waals surface area contributed by atoms with Crippen LogP contribution in [0, 0.1) is 18.3 Å². The van der Waals surface area contributed by atoms with Crippen molar-refractivity contribution in [2.24, 2.45) is 0 Å². The summed E-state index contributed by atoms with van der Waals surface area (Å²) in [6, 6.07) is 15.8. The van der Waals surface area contributed by atoms with E-state index in [0.717, 1.165) is 21.7 Å². The van der Waals surface area contributed by atoms with Gasteiger partial charge in [-0.25, -0.2) is 0 Å². The van der Waals surface area contributed by atoms with Crippen molar-refractivity contribution in [1.29, 1.82) is 5.26 Å². The van der Waals surface area contributed by atoms with Crippen LogP contribution in [0.25, 0.3) is 6.08 Å². The van der Waals surface area contributed by atoms with Crippen LogP contribution < -0.4 is 5.32 Å². The highest BCUT2D eigenvalue weighted by molar-refractivity contribution is 7.12. The first-order valence-electron chi connectivity index (χ1n) is 6.69. The van der Waals surface area contributed by atoms with E-state index >= 15 is 0 Å². The van der Waals surface area contributed by atoms with Crippen LogP contribution in [0.3, 0.4) is 0 Å². The molecule has 21 heavy (non-hydrogen) atoms. The predicted molar refractivity (Wildman–Crippen MR) is 85.8 cm³/mol. The van der Waals surface area contributed by atoms with E-state index in [2.05, 4.69) is 5.32 Å². The second-order valence-electron chi connectivity index (χ2n) is 4.61. The maximum atomic E-state index is 12.0. The maximum Gasteiger partial charge on any atom is 0.261 e. The SMILES string of the molecule is Cc1ccc(C=C(C#N)C(=O)NCCc2ccccc2)s1. The van der Waals surface area contributed by atoms with E-state index in [1.165, 1.54) is 0 Å². The zero-order chi connectivity index (χ0) is 15.1. The summed E-state index contributed by atoms with van der Waals surface area (Å²) in [4.78, 5) is 14.1. The van der Waals surface area contributed by atoms with Crippen LogP contribution in [0.1, 0.15) is 15.3 Å². The molecule has 106 valence electrons. The molecule has 0 saturated heterocycles. The van der Waals surface area contributed by atoms with Crippen LogP contribution in [0.2, 0.25) is 0 Å². The van der Waals surface area contributed by atoms with Gasteiger partial charge in [0.15, 0.2) is 0 Å². The van der Waals surface area contributed by atoms with E-state index in [1.54, 1.807) is 17.4 Å². The second kappa shape index (κ2) is 7.41. The fourth-order valence-corrected chi connectivity index (χ4v) is 2.70. The molecule has 1 amide bonds. The lowest BCUT2D eigenvalue weighted by molar-refractivity contribution is -0.117. The van der Waals surface area contributed by atoms with E-state index in [0.29, 0.717) is 6.54 Å². The van der Waals surface area contributed by atoms with Crippen LogP contribution in [0.4, 0.5) is 0 Å². The van der Waals surface area contributed by atoms with Crippen molar-refractivity contribution >= 4 is 23.3 Å². The van der Waals surface area contributed by atoms with E-state index in [-0.39, 0.29) is 11.5 Å². The Hall–Kier alpha value is -2.38. The van der Waals surface area contributed by atoms with Crippen molar-refractivity contribution < 1.29 is 4.79 Å². The highest BCUT2D eigenvalue weighted by Gasteiger charge is 2.08. The average molecular weight is 296 g/mol. The van der Waals surface area contributed by atoms with Crippen molar-refractivity contribution in [3.8, 4) is 6.07 Å². The van der Waals surface area contributed by atoms with Gasteiger partial charge in [0.2, 0.25) is 0 Å². The summed E-state index contributed by atoms with van der Waals surface area (Å²) < 4.78 is 0. The fourth-order valence-electron chi connectivity index (χ4n) is 1.88. The van der Waals surface area contributed by atoms with Crippen LogP contribution >= 0.6 is 11.3 Å². The fraction of sp³-hybridized carbons (Fsp3) is 0.176. The number of nitriles is 1. The van der Waals surface area contributed by atoms with Crippen LogP contribution in [0.5, 0.6) is 0 Å². The molecule has 1 aromatic heterocycles. The van der Waals surface area contributed by atoms with Gasteiger partial charge in [-0.3, -0.25) is 4.79 Å². The van der Waals surface area contributed by atoms with Crippen molar-refractivity contribution in [2.75, 3.05) is 6.54 Å². The van der Waals surface area contributed by atoms with Gasteiger partial charge in [0, 0.05) is 16.3 Å². The molecule has 1 N–H and O–H groups in total. The van der Waals surface area contributed by atoms with Gasteiger partial charge in [-0.2, -0.15) is 5.26 Å². The standard InChI is InChI=1S/C17H16N2OS/c1-13-7-8-16(21-13)11-15(12-18)17(20)19-10-9-14-5-3-2-4-6-14/h2-8,11H,9-10H2,1H3,(H,19,20). The topological polar surface area (TPSA) is 52.9 Å². The molecule has 0 radical (unpaired) electrons. The van der Waals surface area contributed by atoms with Crippen molar-refractivity contribution in [3.05, 3.63) is 63.4 Å². The number of aryl methyl sites for hydroxylation is 1. The minimum Gasteiger partial charge on any atom is -0.351 e. The van der Waals surface area contributed by atoms with Gasteiger partial charge in [-0.1, -0.05) is 30.3 Å². The summed E-state index contributed by atoms with van der Waals surface area (Å²) in [6.45, 7) is 2.51. The molecule has 2 aromatic rings. The van der Waals surface area contributed by atoms with E-state index < -0.39 is 0 Å². The highest BCUT2D eigenvalue weighted by atomic mass is 32.1. The summed E-state index contributed by atoms with van der Waals surface area (Å²) in [5.41, 5.74) is 1.30. The second-order valence-corrected chi connectivity index (χ2v) is 5.93. The monoisotopic (exact) mass is 296 g/mol. The molecule has 0 fully saturated rings. The third-order valence-corrected chi connectivity index (χ3v) is 3.90. The Morgan fingerprint density at radius 2 is 2.05 bits per heavy atom. The normalized spacial score (nSPS) is 11.0. The summed E-state index contributed by atoms with van der Waals surface area (Å²) in [5, 5.41) is 11.9. The summed E-state index contributed by atoms with van der Waals surface area (Å²) in [7, 11) is 0. The molecular formula is C17H16N2OS. The van der Waals surface area contributed by atoms with Crippen LogP contribution in [0.15, 0.2) is 48.0 Å². The minimum atomic E-state index is -0.320. The Balaban J connectivity index is 1.92. The minimum absolute atomic E-state index is 0.143. The Kier molecular flexibility index (Phi) is 5.30. The van der Waals surface area contributed by atoms with Gasteiger partial charge >= 0.3 is 0 Å². The van der Waals surface area contributed by atoms with Crippen molar-refractivity contribution in [2.45, 2.75) is 13.3 Å². The van der Waals surface area contributed by atoms with Gasteiger partial charge in [0.1, 0.15) is 11.6 Å². The molecule has 0 unspecified atom stereocenters. The number of carbonyl (C=O) groups is 1. The molecule has 0 aliphatic heterocycles. The Morgan fingerprint density at radius 3 is 2.67 bits per heavy atom. The number of carbonyl (C=O) groups excluding carboxylic acids is 1. The third-order valence-electron chi connectivity index (χ3n) is 2.95. The van der Waals surface area contributed by atoms with Gasteiger partial charge in [0.25, 0.3) is 5.91 Å². The summed E-state index contributed by atoms with van der Waals surface area (Å²) in [5.74, 6) is -0.320. The Labute approximate surface area is 128 Å². The van der Waals surface area contributed by atoms with Crippen molar-refractivity contribution in [1.82, 2.24) is 5.32 Å². The number of thiophene rings is 1.